The monoisotopic (exact) mass is 446 g/mol. The number of pyridine rings is 1. The molecule has 10 heteroatoms. The molecule has 2 aromatic rings. The lowest BCUT2D eigenvalue weighted by molar-refractivity contribution is -0.144. The van der Waals surface area contributed by atoms with Crippen molar-refractivity contribution in [3.05, 3.63) is 23.3 Å². The largest absolute Gasteiger partial charge is 0.488 e. The number of ether oxygens (including phenoxy) is 2. The molecule has 0 bridgehead atoms. The Labute approximate surface area is 184 Å². The predicted molar refractivity (Wildman–Crippen MR) is 110 cm³/mol. The summed E-state index contributed by atoms with van der Waals surface area (Å²) in [6, 6.07) is 1.24. The van der Waals surface area contributed by atoms with E-state index in [1.165, 1.54) is 10.7 Å². The van der Waals surface area contributed by atoms with E-state index < -0.39 is 23.7 Å². The number of aryl methyl sites for hydroxylation is 2. The average Bonchev–Trinajstić information content (AvgIpc) is 3.53. The maximum atomic E-state index is 15.0. The van der Waals surface area contributed by atoms with Gasteiger partial charge in [-0.3, -0.25) is 14.3 Å². The zero-order valence-corrected chi connectivity index (χ0v) is 18.2. The molecule has 0 aromatic carbocycles. The van der Waals surface area contributed by atoms with Crippen LogP contribution in [0.1, 0.15) is 49.9 Å². The van der Waals surface area contributed by atoms with Crippen LogP contribution >= 0.6 is 0 Å². The molecule has 0 radical (unpaired) electrons. The smallest absolute Gasteiger partial charge is 0.311 e. The second-order valence-corrected chi connectivity index (χ2v) is 8.66. The van der Waals surface area contributed by atoms with Gasteiger partial charge in [-0.15, -0.1) is 5.10 Å². The molecule has 2 aliphatic carbocycles. The first-order valence-corrected chi connectivity index (χ1v) is 10.9. The van der Waals surface area contributed by atoms with Crippen molar-refractivity contribution in [2.45, 2.75) is 58.0 Å². The number of carbonyl (C=O) groups is 2. The Morgan fingerprint density at radius 3 is 2.75 bits per heavy atom. The quantitative estimate of drug-likeness (QED) is 0.616. The molecule has 0 aliphatic heterocycles. The molecule has 2 atom stereocenters. The van der Waals surface area contributed by atoms with Crippen molar-refractivity contribution < 1.29 is 28.6 Å². The summed E-state index contributed by atoms with van der Waals surface area (Å²) in [5.74, 6) is -1.62. The van der Waals surface area contributed by atoms with Gasteiger partial charge in [0.15, 0.2) is 5.82 Å². The summed E-state index contributed by atoms with van der Waals surface area (Å²) in [6.45, 7) is 2.09. The van der Waals surface area contributed by atoms with Crippen LogP contribution in [0.2, 0.25) is 0 Å². The maximum Gasteiger partial charge on any atom is 0.311 e. The first kappa shape index (κ1) is 22.2. The Kier molecular flexibility index (Phi) is 6.38. The summed E-state index contributed by atoms with van der Waals surface area (Å²) >= 11 is 0. The summed E-state index contributed by atoms with van der Waals surface area (Å²) in [5.41, 5.74) is 1.04. The Morgan fingerprint density at radius 2 is 2.03 bits per heavy atom. The summed E-state index contributed by atoms with van der Waals surface area (Å²) in [7, 11) is 1.63. The highest BCUT2D eigenvalue weighted by atomic mass is 19.1. The number of carboxylic acids is 1. The lowest BCUT2D eigenvalue weighted by Gasteiger charge is -2.27. The fourth-order valence-electron chi connectivity index (χ4n) is 3.95. The molecule has 4 rings (SSSR count). The number of carboxylic acid groups (broad SMARTS) is 1. The van der Waals surface area contributed by atoms with E-state index in [4.69, 9.17) is 9.47 Å². The van der Waals surface area contributed by atoms with E-state index in [0.29, 0.717) is 43.2 Å². The van der Waals surface area contributed by atoms with E-state index in [1.807, 2.05) is 0 Å². The van der Waals surface area contributed by atoms with Gasteiger partial charge in [0.2, 0.25) is 0 Å². The van der Waals surface area contributed by atoms with Gasteiger partial charge in [0.1, 0.15) is 17.1 Å². The van der Waals surface area contributed by atoms with Crippen molar-refractivity contribution >= 4 is 11.9 Å². The number of aliphatic carboxylic acids is 1. The maximum absolute atomic E-state index is 15.0. The summed E-state index contributed by atoms with van der Waals surface area (Å²) < 4.78 is 27.7. The number of rotatable bonds is 8. The molecule has 2 fully saturated rings. The molecule has 0 saturated heterocycles. The van der Waals surface area contributed by atoms with Crippen LogP contribution in [0.4, 0.5) is 4.39 Å². The molecular weight excluding hydrogens is 419 g/mol. The molecule has 0 spiro atoms. The number of nitrogens with zero attached hydrogens (tertiary/aromatic N) is 4. The second-order valence-electron chi connectivity index (χ2n) is 8.66. The van der Waals surface area contributed by atoms with Gasteiger partial charge in [-0.05, 0) is 51.4 Å². The number of esters is 1. The van der Waals surface area contributed by atoms with Crippen LogP contribution in [-0.4, -0.2) is 49.7 Å². The van der Waals surface area contributed by atoms with Crippen molar-refractivity contribution in [2.24, 2.45) is 18.9 Å². The molecule has 172 valence electrons. The number of aromatic nitrogens is 4. The minimum Gasteiger partial charge on any atom is -0.488 e. The molecule has 32 heavy (non-hydrogen) atoms. The van der Waals surface area contributed by atoms with Crippen molar-refractivity contribution in [1.29, 1.82) is 0 Å². The van der Waals surface area contributed by atoms with Crippen molar-refractivity contribution in [3.63, 3.8) is 0 Å². The number of hydrogen-bond donors (Lipinski definition) is 1. The SMILES string of the molecule is Cc1nc(-c2nnn(C)c2CC(=O)OCC2CC2)c(F)cc1O[C@H]1CCC[C@H](C(=O)O)C1. The lowest BCUT2D eigenvalue weighted by atomic mass is 9.87. The minimum absolute atomic E-state index is 0.0139. The normalized spacial score (nSPS) is 20.7. The first-order chi connectivity index (χ1) is 15.3. The van der Waals surface area contributed by atoms with Gasteiger partial charge in [0.25, 0.3) is 0 Å². The first-order valence-electron chi connectivity index (χ1n) is 10.9. The van der Waals surface area contributed by atoms with E-state index in [1.54, 1.807) is 14.0 Å². The number of carbonyl (C=O) groups excluding carboxylic acids is 1. The van der Waals surface area contributed by atoms with Crippen LogP contribution in [0, 0.1) is 24.6 Å². The van der Waals surface area contributed by atoms with Crippen LogP contribution in [0.15, 0.2) is 6.07 Å². The Morgan fingerprint density at radius 1 is 1.25 bits per heavy atom. The van der Waals surface area contributed by atoms with Crippen molar-refractivity contribution in [3.8, 4) is 17.1 Å². The standard InChI is InChI=1S/C22H27FN4O5/c1-12-18(32-15-5-3-4-14(8-15)22(29)30)9-16(23)20(24-12)21-17(27(2)26-25-21)10-19(28)31-11-13-6-7-13/h9,13-15H,3-8,10-11H2,1-2H3,(H,29,30)/t14-,15-/m0/s1. The van der Waals surface area contributed by atoms with Crippen molar-refractivity contribution in [1.82, 2.24) is 20.0 Å². The molecule has 1 N–H and O–H groups in total. The third-order valence-corrected chi connectivity index (χ3v) is 6.05. The topological polar surface area (TPSA) is 116 Å². The number of hydrogen-bond acceptors (Lipinski definition) is 7. The molecule has 2 aromatic heterocycles. The third kappa shape index (κ3) is 5.05. The van der Waals surface area contributed by atoms with Crippen LogP contribution < -0.4 is 4.74 Å². The van der Waals surface area contributed by atoms with Crippen LogP contribution in [0.25, 0.3) is 11.4 Å². The summed E-state index contributed by atoms with van der Waals surface area (Å²) in [6.07, 6.45) is 4.23. The molecule has 2 heterocycles. The zero-order valence-electron chi connectivity index (χ0n) is 18.2. The third-order valence-electron chi connectivity index (χ3n) is 6.05. The van der Waals surface area contributed by atoms with Gasteiger partial charge in [0, 0.05) is 13.1 Å². The van der Waals surface area contributed by atoms with Crippen LogP contribution in [-0.2, 0) is 27.8 Å². The van der Waals surface area contributed by atoms with E-state index in [0.717, 1.165) is 19.3 Å². The van der Waals surface area contributed by atoms with Crippen LogP contribution in [0.5, 0.6) is 5.75 Å². The lowest BCUT2D eigenvalue weighted by Crippen LogP contribution is -2.29. The van der Waals surface area contributed by atoms with E-state index >= 15 is 4.39 Å². The highest BCUT2D eigenvalue weighted by molar-refractivity contribution is 5.75. The van der Waals surface area contributed by atoms with Crippen LogP contribution in [0.3, 0.4) is 0 Å². The summed E-state index contributed by atoms with van der Waals surface area (Å²) in [5, 5.41) is 17.2. The zero-order chi connectivity index (χ0) is 22.8. The van der Waals surface area contributed by atoms with E-state index in [9.17, 15) is 14.7 Å². The fourth-order valence-corrected chi connectivity index (χ4v) is 3.95. The average molecular weight is 446 g/mol. The van der Waals surface area contributed by atoms with E-state index in [2.05, 4.69) is 15.3 Å². The summed E-state index contributed by atoms with van der Waals surface area (Å²) in [4.78, 5) is 27.8. The molecule has 0 unspecified atom stereocenters. The van der Waals surface area contributed by atoms with E-state index in [-0.39, 0.29) is 29.7 Å². The van der Waals surface area contributed by atoms with Gasteiger partial charge in [-0.1, -0.05) is 5.21 Å². The van der Waals surface area contributed by atoms with Crippen molar-refractivity contribution in [2.75, 3.05) is 6.61 Å². The Balaban J connectivity index is 1.51. The second kappa shape index (κ2) is 9.22. The van der Waals surface area contributed by atoms with Gasteiger partial charge in [-0.25, -0.2) is 9.37 Å². The molecule has 0 amide bonds. The fraction of sp³-hybridized carbons (Fsp3) is 0.591. The molecular formula is C22H27FN4O5. The van der Waals surface area contributed by atoms with Gasteiger partial charge in [-0.2, -0.15) is 0 Å². The predicted octanol–water partition coefficient (Wildman–Crippen LogP) is 2.84. The molecule has 2 saturated carbocycles. The Hall–Kier alpha value is -3.04. The van der Waals surface area contributed by atoms with Gasteiger partial charge >= 0.3 is 11.9 Å². The number of halogens is 1. The van der Waals surface area contributed by atoms with Gasteiger partial charge < -0.3 is 14.6 Å². The highest BCUT2D eigenvalue weighted by Gasteiger charge is 2.29. The highest BCUT2D eigenvalue weighted by Crippen LogP contribution is 2.32. The Bertz CT molecular complexity index is 1020. The van der Waals surface area contributed by atoms with Gasteiger partial charge in [0.05, 0.1) is 36.4 Å². The molecule has 2 aliphatic rings. The molecule has 9 nitrogen and oxygen atoms in total. The minimum atomic E-state index is -0.833.